The number of benzene rings is 1. The van der Waals surface area contributed by atoms with Crippen molar-refractivity contribution >= 4 is 5.91 Å². The molecule has 25 heavy (non-hydrogen) atoms. The summed E-state index contributed by atoms with van der Waals surface area (Å²) in [5.74, 6) is 0.898. The van der Waals surface area contributed by atoms with Crippen molar-refractivity contribution in [3.05, 3.63) is 71.4 Å². The number of rotatable bonds is 4. The third-order valence-electron chi connectivity index (χ3n) is 3.51. The second-order valence-corrected chi connectivity index (χ2v) is 5.37. The molecule has 0 atom stereocenters. The Morgan fingerprint density at radius 1 is 1.24 bits per heavy atom. The third-order valence-corrected chi connectivity index (χ3v) is 3.51. The molecule has 1 amide bonds. The van der Waals surface area contributed by atoms with Crippen LogP contribution in [0.1, 0.15) is 27.6 Å². The zero-order chi connectivity index (χ0) is 18.0. The molecule has 0 bridgehead atoms. The van der Waals surface area contributed by atoms with Crippen LogP contribution in [-0.4, -0.2) is 15.7 Å². The Balaban J connectivity index is 1.80. The summed E-state index contributed by atoms with van der Waals surface area (Å²) in [4.78, 5) is 12.2. The first kappa shape index (κ1) is 16.8. The predicted molar refractivity (Wildman–Crippen MR) is 83.2 cm³/mol. The van der Waals surface area contributed by atoms with Crippen LogP contribution >= 0.6 is 0 Å². The lowest BCUT2D eigenvalue weighted by Gasteiger charge is -2.11. The molecule has 8 heteroatoms. The van der Waals surface area contributed by atoms with E-state index >= 15 is 0 Å². The lowest BCUT2D eigenvalue weighted by Crippen LogP contribution is -2.23. The number of amides is 1. The van der Waals surface area contributed by atoms with Crippen LogP contribution in [0.25, 0.3) is 5.69 Å². The second-order valence-electron chi connectivity index (χ2n) is 5.37. The van der Waals surface area contributed by atoms with Gasteiger partial charge < -0.3 is 9.73 Å². The van der Waals surface area contributed by atoms with Crippen molar-refractivity contribution in [2.75, 3.05) is 0 Å². The van der Waals surface area contributed by atoms with Gasteiger partial charge in [0, 0.05) is 5.56 Å². The van der Waals surface area contributed by atoms with Crippen LogP contribution in [0.2, 0.25) is 0 Å². The molecule has 0 fully saturated rings. The molecule has 0 spiro atoms. The molecule has 130 valence electrons. The number of halogens is 3. The minimum atomic E-state index is -4.54. The number of aryl methyl sites for hydroxylation is 1. The van der Waals surface area contributed by atoms with Crippen molar-refractivity contribution in [1.29, 1.82) is 0 Å². The van der Waals surface area contributed by atoms with Crippen LogP contribution in [0, 0.1) is 6.92 Å². The summed E-state index contributed by atoms with van der Waals surface area (Å²) in [6, 6.07) is 10.2. The third kappa shape index (κ3) is 3.73. The number of furan rings is 1. The molecule has 0 radical (unpaired) electrons. The summed E-state index contributed by atoms with van der Waals surface area (Å²) < 4.78 is 45.1. The minimum Gasteiger partial charge on any atom is -0.465 e. The molecule has 0 unspecified atom stereocenters. The SMILES string of the molecule is Cc1ccc(CNC(=O)c2cccc(-n3nccc3C(F)(F)F)c2)o1. The van der Waals surface area contributed by atoms with E-state index in [4.69, 9.17) is 4.42 Å². The van der Waals surface area contributed by atoms with E-state index in [0.717, 1.165) is 22.7 Å². The summed E-state index contributed by atoms with van der Waals surface area (Å²) in [5, 5.41) is 6.36. The fourth-order valence-electron chi connectivity index (χ4n) is 2.35. The summed E-state index contributed by atoms with van der Waals surface area (Å²) in [6.45, 7) is 1.98. The molecule has 0 aliphatic carbocycles. The average molecular weight is 349 g/mol. The van der Waals surface area contributed by atoms with Gasteiger partial charge in [-0.1, -0.05) is 6.07 Å². The fourth-order valence-corrected chi connectivity index (χ4v) is 2.35. The molecule has 1 aromatic carbocycles. The maximum Gasteiger partial charge on any atom is 0.433 e. The van der Waals surface area contributed by atoms with E-state index in [0.29, 0.717) is 5.76 Å². The number of nitrogens with zero attached hydrogens (tertiary/aromatic N) is 2. The lowest BCUT2D eigenvalue weighted by molar-refractivity contribution is -0.142. The molecule has 0 aliphatic rings. The summed E-state index contributed by atoms with van der Waals surface area (Å²) in [6.07, 6.45) is -3.47. The van der Waals surface area contributed by atoms with Gasteiger partial charge in [0.25, 0.3) is 5.91 Å². The van der Waals surface area contributed by atoms with E-state index in [1.54, 1.807) is 19.1 Å². The number of alkyl halides is 3. The summed E-state index contributed by atoms with van der Waals surface area (Å²) in [7, 11) is 0. The van der Waals surface area contributed by atoms with Gasteiger partial charge in [-0.05, 0) is 43.3 Å². The van der Waals surface area contributed by atoms with Gasteiger partial charge >= 0.3 is 6.18 Å². The molecule has 2 heterocycles. The number of carbonyl (C=O) groups excluding carboxylic acids is 1. The number of hydrogen-bond acceptors (Lipinski definition) is 3. The molecule has 3 rings (SSSR count). The molecular formula is C17H14F3N3O2. The van der Waals surface area contributed by atoms with Crippen molar-refractivity contribution < 1.29 is 22.4 Å². The van der Waals surface area contributed by atoms with Crippen molar-refractivity contribution in [1.82, 2.24) is 15.1 Å². The molecule has 5 nitrogen and oxygen atoms in total. The predicted octanol–water partition coefficient (Wildman–Crippen LogP) is 3.72. The van der Waals surface area contributed by atoms with E-state index < -0.39 is 17.8 Å². The molecule has 0 aliphatic heterocycles. The first-order valence-electron chi connectivity index (χ1n) is 7.40. The zero-order valence-electron chi connectivity index (χ0n) is 13.2. The van der Waals surface area contributed by atoms with Gasteiger partial charge in [0.15, 0.2) is 0 Å². The van der Waals surface area contributed by atoms with Crippen LogP contribution in [-0.2, 0) is 12.7 Å². The van der Waals surface area contributed by atoms with Crippen LogP contribution < -0.4 is 5.32 Å². The first-order chi connectivity index (χ1) is 11.8. The van der Waals surface area contributed by atoms with Crippen molar-refractivity contribution in [2.45, 2.75) is 19.6 Å². The Bertz CT molecular complexity index is 896. The van der Waals surface area contributed by atoms with Gasteiger partial charge in [-0.15, -0.1) is 0 Å². The standard InChI is InChI=1S/C17H14F3N3O2/c1-11-5-6-14(25-11)10-21-16(24)12-3-2-4-13(9-12)23-15(7-8-22-23)17(18,19)20/h2-9H,10H2,1H3,(H,21,24). The van der Waals surface area contributed by atoms with Crippen molar-refractivity contribution in [2.24, 2.45) is 0 Å². The quantitative estimate of drug-likeness (QED) is 0.781. The Morgan fingerprint density at radius 2 is 2.04 bits per heavy atom. The second kappa shape index (κ2) is 6.46. The highest BCUT2D eigenvalue weighted by atomic mass is 19.4. The van der Waals surface area contributed by atoms with Crippen LogP contribution in [0.3, 0.4) is 0 Å². The van der Waals surface area contributed by atoms with Gasteiger partial charge in [-0.25, -0.2) is 4.68 Å². The number of aromatic nitrogens is 2. The number of hydrogen-bond donors (Lipinski definition) is 1. The minimum absolute atomic E-state index is 0.152. The largest absolute Gasteiger partial charge is 0.465 e. The Kier molecular flexibility index (Phi) is 4.35. The van der Waals surface area contributed by atoms with Gasteiger partial charge in [0.05, 0.1) is 18.4 Å². The van der Waals surface area contributed by atoms with Gasteiger partial charge in [-0.3, -0.25) is 4.79 Å². The number of carbonyl (C=O) groups is 1. The van der Waals surface area contributed by atoms with E-state index in [-0.39, 0.29) is 17.8 Å². The van der Waals surface area contributed by atoms with Crippen LogP contribution in [0.5, 0.6) is 0 Å². The fraction of sp³-hybridized carbons (Fsp3) is 0.176. The number of nitrogens with one attached hydrogen (secondary N) is 1. The van der Waals surface area contributed by atoms with Crippen LogP contribution in [0.15, 0.2) is 53.1 Å². The van der Waals surface area contributed by atoms with E-state index in [2.05, 4.69) is 10.4 Å². The Labute approximate surface area is 141 Å². The lowest BCUT2D eigenvalue weighted by atomic mass is 10.2. The molecule has 3 aromatic rings. The zero-order valence-corrected chi connectivity index (χ0v) is 13.2. The van der Waals surface area contributed by atoms with E-state index in [1.165, 1.54) is 24.3 Å². The van der Waals surface area contributed by atoms with Crippen molar-refractivity contribution in [3.63, 3.8) is 0 Å². The molecule has 0 saturated carbocycles. The topological polar surface area (TPSA) is 60.1 Å². The maximum absolute atomic E-state index is 13.0. The summed E-state index contributed by atoms with van der Waals surface area (Å²) >= 11 is 0. The van der Waals surface area contributed by atoms with E-state index in [9.17, 15) is 18.0 Å². The smallest absolute Gasteiger partial charge is 0.433 e. The first-order valence-corrected chi connectivity index (χ1v) is 7.40. The highest BCUT2D eigenvalue weighted by molar-refractivity contribution is 5.94. The van der Waals surface area contributed by atoms with Gasteiger partial charge in [0.1, 0.15) is 17.2 Å². The van der Waals surface area contributed by atoms with Gasteiger partial charge in [-0.2, -0.15) is 18.3 Å². The highest BCUT2D eigenvalue weighted by Crippen LogP contribution is 2.30. The summed E-state index contributed by atoms with van der Waals surface area (Å²) in [5.41, 5.74) is -0.528. The monoisotopic (exact) mass is 349 g/mol. The average Bonchev–Trinajstić information content (AvgIpc) is 3.21. The van der Waals surface area contributed by atoms with Gasteiger partial charge in [0.2, 0.25) is 0 Å². The van der Waals surface area contributed by atoms with E-state index in [1.807, 2.05) is 0 Å². The highest BCUT2D eigenvalue weighted by Gasteiger charge is 2.35. The normalized spacial score (nSPS) is 11.5. The Hall–Kier alpha value is -3.03. The molecular weight excluding hydrogens is 335 g/mol. The van der Waals surface area contributed by atoms with Crippen molar-refractivity contribution in [3.8, 4) is 5.69 Å². The maximum atomic E-state index is 13.0. The molecule has 2 aromatic heterocycles. The molecule has 1 N–H and O–H groups in total. The van der Waals surface area contributed by atoms with Crippen LogP contribution in [0.4, 0.5) is 13.2 Å². The molecule has 0 saturated heterocycles. The Morgan fingerprint density at radius 3 is 2.72 bits per heavy atom.